The first-order chi connectivity index (χ1) is 13.9. The van der Waals surface area contributed by atoms with E-state index in [2.05, 4.69) is 5.32 Å². The first kappa shape index (κ1) is 23.5. The van der Waals surface area contributed by atoms with Gasteiger partial charge in [0, 0.05) is 17.7 Å². The Kier molecular flexibility index (Phi) is 7.02. The van der Waals surface area contributed by atoms with Crippen molar-refractivity contribution >= 4 is 11.7 Å². The van der Waals surface area contributed by atoms with Gasteiger partial charge in [0.25, 0.3) is 5.60 Å². The summed E-state index contributed by atoms with van der Waals surface area (Å²) in [6, 6.07) is 10.7. The summed E-state index contributed by atoms with van der Waals surface area (Å²) in [5.41, 5.74) is -5.55. The Bertz CT molecular complexity index is 820. The van der Waals surface area contributed by atoms with Crippen molar-refractivity contribution in [3.05, 3.63) is 65.7 Å². The van der Waals surface area contributed by atoms with Crippen LogP contribution in [-0.4, -0.2) is 36.1 Å². The molecule has 0 radical (unpaired) electrons. The van der Waals surface area contributed by atoms with Crippen LogP contribution in [0.1, 0.15) is 18.1 Å². The van der Waals surface area contributed by atoms with Crippen LogP contribution in [0.25, 0.3) is 0 Å². The van der Waals surface area contributed by atoms with Crippen LogP contribution >= 0.6 is 0 Å². The molecule has 0 aliphatic carbocycles. The second-order valence-electron chi connectivity index (χ2n) is 6.42. The molecule has 0 saturated heterocycles. The van der Waals surface area contributed by atoms with E-state index in [0.29, 0.717) is 12.1 Å². The number of hydrogen-bond donors (Lipinski definition) is 2. The van der Waals surface area contributed by atoms with Gasteiger partial charge in [-0.15, -0.1) is 0 Å². The molecule has 2 rings (SSSR count). The van der Waals surface area contributed by atoms with Gasteiger partial charge in [0.05, 0.1) is 6.61 Å². The van der Waals surface area contributed by atoms with Gasteiger partial charge in [0.2, 0.25) is 0 Å². The average Bonchev–Trinajstić information content (AvgIpc) is 2.66. The molecule has 1 atom stereocenters. The van der Waals surface area contributed by atoms with Crippen molar-refractivity contribution < 1.29 is 41.0 Å². The quantitative estimate of drug-likeness (QED) is 0.494. The molecule has 0 heterocycles. The molecule has 2 N–H and O–H groups in total. The third-order valence-electron chi connectivity index (χ3n) is 4.32. The molecule has 0 fully saturated rings. The lowest BCUT2D eigenvalue weighted by Gasteiger charge is -2.32. The third-order valence-corrected chi connectivity index (χ3v) is 4.32. The summed E-state index contributed by atoms with van der Waals surface area (Å²) in [7, 11) is 0. The predicted octanol–water partition coefficient (Wildman–Crippen LogP) is 4.59. The Hall–Kier alpha value is -2.75. The Morgan fingerprint density at radius 2 is 1.50 bits per heavy atom. The van der Waals surface area contributed by atoms with Crippen LogP contribution in [0, 0.1) is 0 Å². The molecule has 0 aliphatic heterocycles. The van der Waals surface area contributed by atoms with E-state index in [0.717, 1.165) is 17.7 Å². The lowest BCUT2D eigenvalue weighted by atomic mass is 9.92. The Morgan fingerprint density at radius 3 is 1.97 bits per heavy atom. The maximum atomic E-state index is 13.0. The maximum absolute atomic E-state index is 13.0. The first-order valence-corrected chi connectivity index (χ1v) is 8.83. The van der Waals surface area contributed by atoms with Crippen LogP contribution in [0.4, 0.5) is 32.0 Å². The second-order valence-corrected chi connectivity index (χ2v) is 6.42. The molecule has 30 heavy (non-hydrogen) atoms. The zero-order valence-electron chi connectivity index (χ0n) is 15.7. The lowest BCUT2D eigenvalue weighted by molar-refractivity contribution is -0.376. The standard InChI is InChI=1S/C20H19F6NO3/c1-2-30-17(28)16(12-13-6-4-3-5-7-13)27-15-10-8-14(9-11-15)18(29,19(21,22)23)20(24,25)26/h3-11,16,27,29H,2,12H2,1H3. The number of esters is 1. The average molecular weight is 435 g/mol. The molecular weight excluding hydrogens is 416 g/mol. The van der Waals surface area contributed by atoms with Crippen molar-refractivity contribution in [3.8, 4) is 0 Å². The molecule has 0 spiro atoms. The summed E-state index contributed by atoms with van der Waals surface area (Å²) >= 11 is 0. The van der Waals surface area contributed by atoms with E-state index in [1.165, 1.54) is 0 Å². The molecule has 2 aromatic rings. The van der Waals surface area contributed by atoms with Crippen molar-refractivity contribution in [2.24, 2.45) is 0 Å². The van der Waals surface area contributed by atoms with E-state index in [1.54, 1.807) is 37.3 Å². The van der Waals surface area contributed by atoms with Crippen LogP contribution in [0.2, 0.25) is 0 Å². The molecular formula is C20H19F6NO3. The number of carbonyl (C=O) groups is 1. The lowest BCUT2D eigenvalue weighted by Crippen LogP contribution is -2.53. The topological polar surface area (TPSA) is 58.6 Å². The van der Waals surface area contributed by atoms with E-state index in [-0.39, 0.29) is 18.7 Å². The van der Waals surface area contributed by atoms with E-state index < -0.39 is 35.5 Å². The minimum atomic E-state index is -5.97. The molecule has 4 nitrogen and oxygen atoms in total. The number of rotatable bonds is 7. The fourth-order valence-electron chi connectivity index (χ4n) is 2.78. The molecule has 164 valence electrons. The molecule has 1 unspecified atom stereocenters. The van der Waals surface area contributed by atoms with E-state index >= 15 is 0 Å². The van der Waals surface area contributed by atoms with Crippen molar-refractivity contribution in [1.29, 1.82) is 0 Å². The number of halogens is 6. The number of benzene rings is 2. The summed E-state index contributed by atoms with van der Waals surface area (Å²) < 4.78 is 82.9. The number of carbonyl (C=O) groups excluding carboxylic acids is 1. The van der Waals surface area contributed by atoms with Gasteiger partial charge >= 0.3 is 18.3 Å². The molecule has 10 heteroatoms. The molecule has 0 amide bonds. The summed E-state index contributed by atoms with van der Waals surface area (Å²) in [6.45, 7) is 1.69. The van der Waals surface area contributed by atoms with Crippen molar-refractivity contribution in [2.45, 2.75) is 37.3 Å². The summed E-state index contributed by atoms with van der Waals surface area (Å²) in [5, 5.41) is 12.2. The predicted molar refractivity (Wildman–Crippen MR) is 96.6 cm³/mol. The SMILES string of the molecule is CCOC(=O)C(Cc1ccccc1)Nc1ccc(C(O)(C(F)(F)F)C(F)(F)F)cc1. The second kappa shape index (κ2) is 8.95. The highest BCUT2D eigenvalue weighted by molar-refractivity contribution is 5.79. The van der Waals surface area contributed by atoms with Gasteiger partial charge in [0.1, 0.15) is 6.04 Å². The van der Waals surface area contributed by atoms with Crippen molar-refractivity contribution in [1.82, 2.24) is 0 Å². The fraction of sp³-hybridized carbons (Fsp3) is 0.350. The van der Waals surface area contributed by atoms with Gasteiger partial charge in [-0.2, -0.15) is 26.3 Å². The smallest absolute Gasteiger partial charge is 0.430 e. The molecule has 0 saturated carbocycles. The van der Waals surface area contributed by atoms with Gasteiger partial charge in [-0.1, -0.05) is 42.5 Å². The molecule has 0 aromatic heterocycles. The first-order valence-electron chi connectivity index (χ1n) is 8.83. The normalized spacial score (nSPS) is 13.6. The highest BCUT2D eigenvalue weighted by Crippen LogP contribution is 2.50. The van der Waals surface area contributed by atoms with Gasteiger partial charge < -0.3 is 15.2 Å². The fourth-order valence-corrected chi connectivity index (χ4v) is 2.78. The Labute approximate surface area is 168 Å². The van der Waals surface area contributed by atoms with E-state index in [1.807, 2.05) is 0 Å². The van der Waals surface area contributed by atoms with Gasteiger partial charge in [-0.05, 0) is 24.6 Å². The Balaban J connectivity index is 2.29. The van der Waals surface area contributed by atoms with Crippen LogP contribution < -0.4 is 5.32 Å². The summed E-state index contributed by atoms with van der Waals surface area (Å²) in [5.74, 6) is -0.632. The number of ether oxygens (including phenoxy) is 1. The van der Waals surface area contributed by atoms with Crippen LogP contribution in [0.15, 0.2) is 54.6 Å². The van der Waals surface area contributed by atoms with Crippen LogP contribution in [-0.2, 0) is 21.6 Å². The van der Waals surface area contributed by atoms with E-state index in [4.69, 9.17) is 4.74 Å². The number of aliphatic hydroxyl groups is 1. The van der Waals surface area contributed by atoms with Gasteiger partial charge in [0.15, 0.2) is 0 Å². The Morgan fingerprint density at radius 1 is 0.967 bits per heavy atom. The van der Waals surface area contributed by atoms with E-state index in [9.17, 15) is 36.2 Å². The zero-order chi connectivity index (χ0) is 22.6. The van der Waals surface area contributed by atoms with Crippen LogP contribution in [0.3, 0.4) is 0 Å². The van der Waals surface area contributed by atoms with Gasteiger partial charge in [-0.3, -0.25) is 0 Å². The third kappa shape index (κ3) is 5.05. The molecule has 0 aliphatic rings. The van der Waals surface area contributed by atoms with Crippen molar-refractivity contribution in [3.63, 3.8) is 0 Å². The highest BCUT2D eigenvalue weighted by atomic mass is 19.4. The number of alkyl halides is 6. The van der Waals surface area contributed by atoms with Crippen molar-refractivity contribution in [2.75, 3.05) is 11.9 Å². The molecule has 0 bridgehead atoms. The highest BCUT2D eigenvalue weighted by Gasteiger charge is 2.71. The minimum absolute atomic E-state index is 0.0828. The maximum Gasteiger partial charge on any atom is 0.430 e. The van der Waals surface area contributed by atoms with Crippen LogP contribution in [0.5, 0.6) is 0 Å². The monoisotopic (exact) mass is 435 g/mol. The summed E-state index contributed by atoms with van der Waals surface area (Å²) in [6.07, 6.45) is -11.8. The minimum Gasteiger partial charge on any atom is -0.464 e. The number of anilines is 1. The largest absolute Gasteiger partial charge is 0.464 e. The molecule has 2 aromatic carbocycles. The number of hydrogen-bond acceptors (Lipinski definition) is 4. The summed E-state index contributed by atoms with van der Waals surface area (Å²) in [4.78, 5) is 12.2. The van der Waals surface area contributed by atoms with Gasteiger partial charge in [-0.25, -0.2) is 4.79 Å². The number of nitrogens with one attached hydrogen (secondary N) is 1. The zero-order valence-corrected chi connectivity index (χ0v) is 15.7.